The van der Waals surface area contributed by atoms with Crippen LogP contribution in [0.2, 0.25) is 0 Å². The number of aromatic nitrogens is 3. The largest absolute Gasteiger partial charge is 0.444 e. The van der Waals surface area contributed by atoms with Crippen molar-refractivity contribution in [1.82, 2.24) is 24.8 Å². The number of aliphatic hydroxyl groups is 2. The molecular formula is C30H41N7O8S. The summed E-state index contributed by atoms with van der Waals surface area (Å²) in [5, 5.41) is 30.5. The van der Waals surface area contributed by atoms with Crippen LogP contribution in [0.5, 0.6) is 0 Å². The third kappa shape index (κ3) is 8.92. The Kier molecular flexibility index (Phi) is 9.94. The molecule has 3 aromatic rings. The number of nitrogens with zero attached hydrogens (tertiary/aromatic N) is 5. The van der Waals surface area contributed by atoms with E-state index in [4.69, 9.17) is 9.47 Å². The first-order valence-corrected chi connectivity index (χ1v) is 15.5. The van der Waals surface area contributed by atoms with Gasteiger partial charge >= 0.3 is 12.2 Å². The number of ether oxygens (including phenoxy) is 2. The molecule has 3 amide bonds. The van der Waals surface area contributed by atoms with E-state index in [9.17, 15) is 29.4 Å². The molecule has 0 radical (unpaired) electrons. The van der Waals surface area contributed by atoms with Gasteiger partial charge in [-0.05, 0) is 72.2 Å². The van der Waals surface area contributed by atoms with Crippen LogP contribution in [-0.4, -0.2) is 98.3 Å². The number of nitrogens with one attached hydrogen (secondary N) is 2. The maximum absolute atomic E-state index is 13.1. The second-order valence-electron chi connectivity index (χ2n) is 13.1. The third-order valence-corrected chi connectivity index (χ3v) is 7.63. The number of amides is 3. The minimum Gasteiger partial charge on any atom is -0.444 e. The molecule has 4 rings (SSSR count). The van der Waals surface area contributed by atoms with Crippen molar-refractivity contribution < 1.29 is 34.1 Å². The van der Waals surface area contributed by atoms with Gasteiger partial charge in [0.05, 0.1) is 6.61 Å². The Labute approximate surface area is 270 Å². The van der Waals surface area contributed by atoms with Crippen molar-refractivity contribution in [2.75, 3.05) is 49.5 Å². The molecule has 15 nitrogen and oxygen atoms in total. The number of benzene rings is 1. The number of carbonyl (C=O) groups excluding carboxylic acids is 3. The molecule has 0 bridgehead atoms. The van der Waals surface area contributed by atoms with E-state index in [-0.39, 0.29) is 23.9 Å². The smallest absolute Gasteiger partial charge is 0.410 e. The molecule has 1 saturated heterocycles. The van der Waals surface area contributed by atoms with Gasteiger partial charge in [0.1, 0.15) is 34.2 Å². The van der Waals surface area contributed by atoms with Crippen molar-refractivity contribution >= 4 is 45.9 Å². The topological polar surface area (TPSA) is 188 Å². The molecule has 3 heterocycles. The molecule has 0 saturated carbocycles. The van der Waals surface area contributed by atoms with E-state index >= 15 is 0 Å². The van der Waals surface area contributed by atoms with Gasteiger partial charge in [-0.25, -0.2) is 14.6 Å². The minimum atomic E-state index is -1.66. The zero-order valence-corrected chi connectivity index (χ0v) is 27.9. The van der Waals surface area contributed by atoms with Gasteiger partial charge < -0.3 is 40.1 Å². The van der Waals surface area contributed by atoms with E-state index in [1.807, 2.05) is 25.7 Å². The number of anilines is 2. The SMILES string of the molecule is CC(C)(C)OC(=O)NCC(=O)Nc1cc(-c2nn3c(=O)cc(N4CCN(C(=O)OC(C)(C)C)CC4)nc3s2)cc(C(C)(O)CO)c1. The van der Waals surface area contributed by atoms with Crippen LogP contribution in [0.4, 0.5) is 21.1 Å². The maximum atomic E-state index is 13.1. The second kappa shape index (κ2) is 13.2. The maximum Gasteiger partial charge on any atom is 0.410 e. The number of rotatable bonds is 7. The predicted molar refractivity (Wildman–Crippen MR) is 172 cm³/mol. The van der Waals surface area contributed by atoms with Gasteiger partial charge in [0.25, 0.3) is 5.56 Å². The van der Waals surface area contributed by atoms with Gasteiger partial charge in [-0.1, -0.05) is 11.3 Å². The van der Waals surface area contributed by atoms with Gasteiger partial charge in [-0.2, -0.15) is 9.61 Å². The molecule has 250 valence electrons. The van der Waals surface area contributed by atoms with Crippen molar-refractivity contribution in [2.24, 2.45) is 0 Å². The molecule has 46 heavy (non-hydrogen) atoms. The first-order valence-electron chi connectivity index (χ1n) is 14.7. The summed E-state index contributed by atoms with van der Waals surface area (Å²) in [4.78, 5) is 58.7. The molecule has 0 aliphatic carbocycles. The number of hydrogen-bond donors (Lipinski definition) is 4. The highest BCUT2D eigenvalue weighted by Gasteiger charge is 2.28. The van der Waals surface area contributed by atoms with Crippen LogP contribution >= 0.6 is 11.3 Å². The van der Waals surface area contributed by atoms with Crippen LogP contribution in [0, 0.1) is 0 Å². The summed E-state index contributed by atoms with van der Waals surface area (Å²) in [6.45, 7) is 12.7. The molecule has 1 aliphatic heterocycles. The van der Waals surface area contributed by atoms with Crippen LogP contribution in [0.15, 0.2) is 29.1 Å². The standard InChI is InChI=1S/C30H41N7O8S/c1-28(2,3)44-26(41)31-16-22(39)32-20-13-18(12-19(14-20)30(7,43)17-38)24-34-37-23(40)15-21(33-25(37)46-24)35-8-10-36(11-9-35)27(42)45-29(4,5)6/h12-15,38,43H,8-11,16-17H2,1-7H3,(H,31,41)(H,32,39). The number of alkyl carbamates (subject to hydrolysis) is 1. The molecule has 4 N–H and O–H groups in total. The first-order chi connectivity index (χ1) is 21.3. The monoisotopic (exact) mass is 659 g/mol. The lowest BCUT2D eigenvalue weighted by Gasteiger charge is -2.36. The Hall–Kier alpha value is -4.28. The first kappa shape index (κ1) is 34.6. The van der Waals surface area contributed by atoms with E-state index in [0.717, 1.165) is 11.3 Å². The van der Waals surface area contributed by atoms with Crippen LogP contribution in [0.3, 0.4) is 0 Å². The van der Waals surface area contributed by atoms with Gasteiger partial charge in [0, 0.05) is 43.5 Å². The highest BCUT2D eigenvalue weighted by Crippen LogP contribution is 2.32. The summed E-state index contributed by atoms with van der Waals surface area (Å²) in [5.74, 6) is -0.109. The van der Waals surface area contributed by atoms with Gasteiger partial charge in [-0.15, -0.1) is 0 Å². The molecule has 0 spiro atoms. The van der Waals surface area contributed by atoms with Gasteiger partial charge in [0.2, 0.25) is 10.9 Å². The zero-order valence-electron chi connectivity index (χ0n) is 27.0. The zero-order chi connectivity index (χ0) is 34.0. The Bertz CT molecular complexity index is 1660. The van der Waals surface area contributed by atoms with E-state index in [1.165, 1.54) is 23.6 Å². The summed E-state index contributed by atoms with van der Waals surface area (Å²) in [5.41, 5.74) is -2.40. The average Bonchev–Trinajstić information content (AvgIpc) is 3.39. The molecule has 16 heteroatoms. The van der Waals surface area contributed by atoms with Crippen molar-refractivity contribution in [3.05, 3.63) is 40.2 Å². The quantitative estimate of drug-likeness (QED) is 0.292. The molecule has 1 atom stereocenters. The fourth-order valence-electron chi connectivity index (χ4n) is 4.42. The highest BCUT2D eigenvalue weighted by molar-refractivity contribution is 7.19. The summed E-state index contributed by atoms with van der Waals surface area (Å²) < 4.78 is 11.8. The van der Waals surface area contributed by atoms with E-state index < -0.39 is 41.0 Å². The predicted octanol–water partition coefficient (Wildman–Crippen LogP) is 2.54. The fourth-order valence-corrected chi connectivity index (χ4v) is 5.31. The Morgan fingerprint density at radius 1 is 0.957 bits per heavy atom. The van der Waals surface area contributed by atoms with E-state index in [1.54, 1.807) is 37.8 Å². The Balaban J connectivity index is 1.56. The van der Waals surface area contributed by atoms with Crippen molar-refractivity contribution in [3.63, 3.8) is 0 Å². The summed E-state index contributed by atoms with van der Waals surface area (Å²) >= 11 is 1.13. The van der Waals surface area contributed by atoms with Crippen molar-refractivity contribution in [2.45, 2.75) is 65.3 Å². The Morgan fingerprint density at radius 3 is 2.22 bits per heavy atom. The minimum absolute atomic E-state index is 0.264. The molecule has 1 fully saturated rings. The molecule has 1 aromatic carbocycles. The highest BCUT2D eigenvalue weighted by atomic mass is 32.1. The second-order valence-corrected chi connectivity index (χ2v) is 14.1. The normalized spacial score (nSPS) is 15.3. The number of piperazine rings is 1. The van der Waals surface area contributed by atoms with Gasteiger partial charge in [0.15, 0.2) is 0 Å². The lowest BCUT2D eigenvalue weighted by molar-refractivity contribution is -0.115. The molecule has 2 aromatic heterocycles. The lowest BCUT2D eigenvalue weighted by atomic mass is 9.94. The lowest BCUT2D eigenvalue weighted by Crippen LogP contribution is -2.50. The summed E-state index contributed by atoms with van der Waals surface area (Å²) in [7, 11) is 0. The van der Waals surface area contributed by atoms with Crippen LogP contribution in [0.25, 0.3) is 15.5 Å². The van der Waals surface area contributed by atoms with Crippen LogP contribution < -0.4 is 21.1 Å². The summed E-state index contributed by atoms with van der Waals surface area (Å²) in [6.07, 6.45) is -1.14. The number of aliphatic hydroxyl groups excluding tert-OH is 1. The average molecular weight is 660 g/mol. The molecule has 1 aliphatic rings. The van der Waals surface area contributed by atoms with E-state index in [2.05, 4.69) is 20.7 Å². The number of fused-ring (bicyclic) bond motifs is 1. The van der Waals surface area contributed by atoms with Crippen molar-refractivity contribution in [1.29, 1.82) is 0 Å². The van der Waals surface area contributed by atoms with Crippen LogP contribution in [-0.2, 0) is 19.9 Å². The van der Waals surface area contributed by atoms with Crippen LogP contribution in [0.1, 0.15) is 54.0 Å². The van der Waals surface area contributed by atoms with E-state index in [0.29, 0.717) is 47.5 Å². The number of carbonyl (C=O) groups is 3. The van der Waals surface area contributed by atoms with Gasteiger partial charge in [-0.3, -0.25) is 9.59 Å². The number of hydrogen-bond acceptors (Lipinski definition) is 12. The summed E-state index contributed by atoms with van der Waals surface area (Å²) in [6, 6.07) is 6.08. The molecular weight excluding hydrogens is 618 g/mol. The molecule has 1 unspecified atom stereocenters. The third-order valence-electron chi connectivity index (χ3n) is 6.67. The Morgan fingerprint density at radius 2 is 1.61 bits per heavy atom. The van der Waals surface area contributed by atoms with Crippen molar-refractivity contribution in [3.8, 4) is 10.6 Å². The fraction of sp³-hybridized carbons (Fsp3) is 0.533.